The first kappa shape index (κ1) is 15.3. The molecule has 0 radical (unpaired) electrons. The van der Waals surface area contributed by atoms with Gasteiger partial charge in [0.15, 0.2) is 0 Å². The van der Waals surface area contributed by atoms with Crippen molar-refractivity contribution in [3.63, 3.8) is 0 Å². The highest BCUT2D eigenvalue weighted by Crippen LogP contribution is 2.31. The first-order valence-electron chi connectivity index (χ1n) is 7.05. The molecule has 0 N–H and O–H groups in total. The summed E-state index contributed by atoms with van der Waals surface area (Å²) in [5.41, 5.74) is 1.50. The first-order chi connectivity index (χ1) is 9.37. The molecule has 1 aliphatic heterocycles. The van der Waals surface area contributed by atoms with Crippen molar-refractivity contribution in [1.29, 1.82) is 0 Å². The Morgan fingerprint density at radius 1 is 1.20 bits per heavy atom. The minimum Gasteiger partial charge on any atom is -0.497 e. The maximum atomic E-state index is 12.9. The monoisotopic (exact) mass is 297 g/mol. The van der Waals surface area contributed by atoms with Crippen molar-refractivity contribution in [3.05, 3.63) is 23.3 Å². The highest BCUT2D eigenvalue weighted by Gasteiger charge is 2.33. The average Bonchev–Trinajstić information content (AvgIpc) is 2.37. The maximum absolute atomic E-state index is 12.9. The predicted octanol–water partition coefficient (Wildman–Crippen LogP) is 2.88. The van der Waals surface area contributed by atoms with Gasteiger partial charge in [0.2, 0.25) is 10.0 Å². The van der Waals surface area contributed by atoms with Crippen LogP contribution in [0.5, 0.6) is 5.75 Å². The zero-order valence-electron chi connectivity index (χ0n) is 12.6. The van der Waals surface area contributed by atoms with Gasteiger partial charge >= 0.3 is 0 Å². The Labute approximate surface area is 121 Å². The van der Waals surface area contributed by atoms with Gasteiger partial charge in [0.25, 0.3) is 0 Å². The number of benzene rings is 1. The van der Waals surface area contributed by atoms with Crippen LogP contribution in [-0.4, -0.2) is 32.4 Å². The zero-order valence-corrected chi connectivity index (χ0v) is 13.5. The molecular formula is C15H23NO3S. The molecular weight excluding hydrogens is 274 g/mol. The van der Waals surface area contributed by atoms with Crippen LogP contribution in [0.4, 0.5) is 0 Å². The number of hydrogen-bond acceptors (Lipinski definition) is 3. The summed E-state index contributed by atoms with van der Waals surface area (Å²) >= 11 is 0. The number of aryl methyl sites for hydroxylation is 2. The van der Waals surface area contributed by atoms with Crippen LogP contribution >= 0.6 is 0 Å². The van der Waals surface area contributed by atoms with E-state index in [1.165, 1.54) is 0 Å². The van der Waals surface area contributed by atoms with E-state index in [9.17, 15) is 8.42 Å². The van der Waals surface area contributed by atoms with E-state index in [0.29, 0.717) is 17.2 Å². The third-order valence-electron chi connectivity index (χ3n) is 3.98. The molecule has 2 rings (SSSR count). The van der Waals surface area contributed by atoms with Crippen molar-refractivity contribution in [2.75, 3.05) is 13.7 Å². The van der Waals surface area contributed by atoms with Gasteiger partial charge in [-0.25, -0.2) is 8.42 Å². The van der Waals surface area contributed by atoms with Crippen LogP contribution in [0, 0.1) is 13.8 Å². The van der Waals surface area contributed by atoms with Gasteiger partial charge in [-0.15, -0.1) is 0 Å². The van der Waals surface area contributed by atoms with Gasteiger partial charge in [-0.05, 0) is 56.9 Å². The molecule has 1 heterocycles. The maximum Gasteiger partial charge on any atom is 0.243 e. The van der Waals surface area contributed by atoms with Gasteiger partial charge in [0, 0.05) is 12.6 Å². The molecule has 112 valence electrons. The summed E-state index contributed by atoms with van der Waals surface area (Å²) in [5.74, 6) is 0.700. The lowest BCUT2D eigenvalue weighted by Gasteiger charge is -2.33. The van der Waals surface area contributed by atoms with E-state index in [2.05, 4.69) is 0 Å². The van der Waals surface area contributed by atoms with E-state index in [1.807, 2.05) is 20.8 Å². The summed E-state index contributed by atoms with van der Waals surface area (Å²) in [6.45, 7) is 6.27. The van der Waals surface area contributed by atoms with Crippen LogP contribution < -0.4 is 4.74 Å². The fourth-order valence-electron chi connectivity index (χ4n) is 2.98. The molecule has 0 saturated carbocycles. The molecule has 0 spiro atoms. The van der Waals surface area contributed by atoms with Crippen LogP contribution in [-0.2, 0) is 10.0 Å². The number of hydrogen-bond donors (Lipinski definition) is 0. The second-order valence-corrected chi connectivity index (χ2v) is 7.38. The Balaban J connectivity index is 2.49. The number of piperidine rings is 1. The minimum absolute atomic E-state index is 0.0784. The molecule has 0 aliphatic carbocycles. The zero-order chi connectivity index (χ0) is 14.9. The molecule has 4 nitrogen and oxygen atoms in total. The van der Waals surface area contributed by atoms with E-state index in [4.69, 9.17) is 4.74 Å². The van der Waals surface area contributed by atoms with Gasteiger partial charge in [0.05, 0.1) is 12.0 Å². The number of rotatable bonds is 3. The van der Waals surface area contributed by atoms with Crippen molar-refractivity contribution < 1.29 is 13.2 Å². The lowest BCUT2D eigenvalue weighted by Crippen LogP contribution is -2.42. The Hall–Kier alpha value is -1.07. The fourth-order valence-corrected chi connectivity index (χ4v) is 5.10. The third kappa shape index (κ3) is 2.69. The summed E-state index contributed by atoms with van der Waals surface area (Å²) in [6, 6.07) is 3.65. The molecule has 1 fully saturated rings. The molecule has 1 atom stereocenters. The molecule has 1 unspecified atom stereocenters. The molecule has 1 aromatic rings. The Morgan fingerprint density at radius 3 is 2.30 bits per heavy atom. The summed E-state index contributed by atoms with van der Waals surface area (Å²) in [6.07, 6.45) is 2.99. The Bertz CT molecular complexity index is 572. The highest BCUT2D eigenvalue weighted by atomic mass is 32.2. The van der Waals surface area contributed by atoms with Crippen molar-refractivity contribution in [3.8, 4) is 5.75 Å². The van der Waals surface area contributed by atoms with Crippen LogP contribution in [0.3, 0.4) is 0 Å². The quantitative estimate of drug-likeness (QED) is 0.862. The largest absolute Gasteiger partial charge is 0.497 e. The number of methoxy groups -OCH3 is 1. The normalized spacial score (nSPS) is 20.9. The summed E-state index contributed by atoms with van der Waals surface area (Å²) in [5, 5.41) is 0. The van der Waals surface area contributed by atoms with E-state index in [-0.39, 0.29) is 6.04 Å². The molecule has 1 aromatic carbocycles. The lowest BCUT2D eigenvalue weighted by molar-refractivity contribution is 0.268. The Morgan fingerprint density at radius 2 is 1.80 bits per heavy atom. The van der Waals surface area contributed by atoms with E-state index in [1.54, 1.807) is 23.5 Å². The molecule has 0 bridgehead atoms. The fraction of sp³-hybridized carbons (Fsp3) is 0.600. The third-order valence-corrected chi connectivity index (χ3v) is 6.30. The number of sulfonamides is 1. The molecule has 1 saturated heterocycles. The van der Waals surface area contributed by atoms with E-state index in [0.717, 1.165) is 30.4 Å². The van der Waals surface area contributed by atoms with Gasteiger partial charge < -0.3 is 4.74 Å². The second-order valence-electron chi connectivity index (χ2n) is 5.55. The van der Waals surface area contributed by atoms with Crippen LogP contribution in [0.1, 0.15) is 37.3 Å². The van der Waals surface area contributed by atoms with E-state index >= 15 is 0 Å². The van der Waals surface area contributed by atoms with Crippen molar-refractivity contribution in [2.45, 2.75) is 51.0 Å². The SMILES string of the molecule is COc1cc(C)c(S(=O)(=O)N2CCCCC2C)c(C)c1. The number of nitrogens with zero attached hydrogens (tertiary/aromatic N) is 1. The predicted molar refractivity (Wildman–Crippen MR) is 79.7 cm³/mol. The first-order valence-corrected chi connectivity index (χ1v) is 8.49. The molecule has 0 amide bonds. The van der Waals surface area contributed by atoms with Gasteiger partial charge in [-0.2, -0.15) is 4.31 Å². The van der Waals surface area contributed by atoms with Crippen LogP contribution in [0.25, 0.3) is 0 Å². The standard InChI is InChI=1S/C15H23NO3S/c1-11-9-14(19-4)10-12(2)15(11)20(17,18)16-8-6-5-7-13(16)3/h9-10,13H,5-8H2,1-4H3. The summed E-state index contributed by atoms with van der Waals surface area (Å²) in [4.78, 5) is 0.437. The molecule has 20 heavy (non-hydrogen) atoms. The number of ether oxygens (including phenoxy) is 1. The molecule has 0 aromatic heterocycles. The molecule has 5 heteroatoms. The Kier molecular flexibility index (Phi) is 4.39. The van der Waals surface area contributed by atoms with Crippen LogP contribution in [0.2, 0.25) is 0 Å². The highest BCUT2D eigenvalue weighted by molar-refractivity contribution is 7.89. The average molecular weight is 297 g/mol. The smallest absolute Gasteiger partial charge is 0.243 e. The minimum atomic E-state index is -3.42. The molecule has 1 aliphatic rings. The van der Waals surface area contributed by atoms with Gasteiger partial charge in [-0.3, -0.25) is 0 Å². The summed E-state index contributed by atoms with van der Waals surface area (Å²) in [7, 11) is -1.83. The van der Waals surface area contributed by atoms with Gasteiger partial charge in [0.1, 0.15) is 5.75 Å². The topological polar surface area (TPSA) is 46.6 Å². The summed E-state index contributed by atoms with van der Waals surface area (Å²) < 4.78 is 32.7. The van der Waals surface area contributed by atoms with Crippen molar-refractivity contribution in [1.82, 2.24) is 4.31 Å². The van der Waals surface area contributed by atoms with Crippen molar-refractivity contribution in [2.24, 2.45) is 0 Å². The van der Waals surface area contributed by atoms with Crippen LogP contribution in [0.15, 0.2) is 17.0 Å². The lowest BCUT2D eigenvalue weighted by atomic mass is 10.1. The van der Waals surface area contributed by atoms with E-state index < -0.39 is 10.0 Å². The second kappa shape index (κ2) is 5.74. The van der Waals surface area contributed by atoms with Crippen molar-refractivity contribution >= 4 is 10.0 Å². The van der Waals surface area contributed by atoms with Gasteiger partial charge in [-0.1, -0.05) is 6.42 Å².